The first kappa shape index (κ1) is 17.7. The summed E-state index contributed by atoms with van der Waals surface area (Å²) in [4.78, 5) is 25.1. The van der Waals surface area contributed by atoms with Gasteiger partial charge in [-0.25, -0.2) is 13.6 Å². The van der Waals surface area contributed by atoms with Gasteiger partial charge in [0.05, 0.1) is 16.1 Å². The number of benzene rings is 1. The minimum atomic E-state index is -0.917. The minimum absolute atomic E-state index is 0.0196. The van der Waals surface area contributed by atoms with Crippen LogP contribution in [0.1, 0.15) is 31.1 Å². The third-order valence-corrected chi connectivity index (χ3v) is 3.74. The van der Waals surface area contributed by atoms with E-state index in [-0.39, 0.29) is 29.2 Å². The van der Waals surface area contributed by atoms with E-state index in [2.05, 4.69) is 21.2 Å². The van der Waals surface area contributed by atoms with E-state index >= 15 is 0 Å². The minimum Gasteiger partial charge on any atom is -0.444 e. The normalized spacial score (nSPS) is 15.1. The number of carbonyl (C=O) groups excluding carboxylic acids is 2. The molecule has 2 amide bonds. The highest BCUT2D eigenvalue weighted by atomic mass is 79.9. The van der Waals surface area contributed by atoms with Crippen molar-refractivity contribution < 1.29 is 23.1 Å². The number of hydrogen-bond donors (Lipinski definition) is 1. The van der Waals surface area contributed by atoms with Gasteiger partial charge in [0, 0.05) is 19.2 Å². The second-order valence-corrected chi connectivity index (χ2v) is 7.15. The van der Waals surface area contributed by atoms with Crippen molar-refractivity contribution in [3.8, 4) is 0 Å². The maximum absolute atomic E-state index is 13.7. The second-order valence-electron chi connectivity index (χ2n) is 6.30. The Labute approximate surface area is 141 Å². The molecule has 1 heterocycles. The van der Waals surface area contributed by atoms with Gasteiger partial charge in [0.2, 0.25) is 0 Å². The first-order valence-corrected chi connectivity index (χ1v) is 7.79. The molecule has 0 spiro atoms. The first-order valence-electron chi connectivity index (χ1n) is 7.00. The number of alkyl carbamates (subject to hydrolysis) is 1. The van der Waals surface area contributed by atoms with Gasteiger partial charge in [-0.1, -0.05) is 0 Å². The Kier molecular flexibility index (Phi) is 4.93. The molecule has 1 aliphatic rings. The average molecular weight is 391 g/mol. The molecule has 1 aromatic rings. The zero-order valence-electron chi connectivity index (χ0n) is 13.0. The van der Waals surface area contributed by atoms with Gasteiger partial charge < -0.3 is 15.0 Å². The van der Waals surface area contributed by atoms with Gasteiger partial charge in [-0.3, -0.25) is 4.79 Å². The van der Waals surface area contributed by atoms with Crippen LogP contribution in [0.5, 0.6) is 0 Å². The third kappa shape index (κ3) is 4.40. The summed E-state index contributed by atoms with van der Waals surface area (Å²) in [6.45, 7) is 5.73. The summed E-state index contributed by atoms with van der Waals surface area (Å²) in [7, 11) is 0. The number of ether oxygens (including phenoxy) is 1. The van der Waals surface area contributed by atoms with Gasteiger partial charge in [-0.15, -0.1) is 0 Å². The van der Waals surface area contributed by atoms with E-state index in [4.69, 9.17) is 4.74 Å². The molecule has 0 bridgehead atoms. The van der Waals surface area contributed by atoms with Crippen molar-refractivity contribution in [3.05, 3.63) is 33.8 Å². The highest BCUT2D eigenvalue weighted by Crippen LogP contribution is 2.23. The predicted octanol–water partition coefficient (Wildman–Crippen LogP) is 3.08. The average Bonchev–Trinajstić information content (AvgIpc) is 2.35. The van der Waals surface area contributed by atoms with Crippen LogP contribution in [0.4, 0.5) is 13.6 Å². The van der Waals surface area contributed by atoms with E-state index in [1.165, 1.54) is 4.90 Å². The quantitative estimate of drug-likeness (QED) is 0.789. The fourth-order valence-corrected chi connectivity index (χ4v) is 2.41. The maximum atomic E-state index is 13.7. The lowest BCUT2D eigenvalue weighted by molar-refractivity contribution is 0.0357. The van der Waals surface area contributed by atoms with Gasteiger partial charge in [0.1, 0.15) is 17.2 Å². The Morgan fingerprint density at radius 3 is 2.43 bits per heavy atom. The summed E-state index contributed by atoms with van der Waals surface area (Å²) in [6, 6.07) is 1.52. The van der Waals surface area contributed by atoms with Crippen LogP contribution in [0.25, 0.3) is 0 Å². The van der Waals surface area contributed by atoms with E-state index in [1.54, 1.807) is 20.8 Å². The summed E-state index contributed by atoms with van der Waals surface area (Å²) in [6.07, 6.45) is -0.565. The first-order chi connectivity index (χ1) is 10.6. The van der Waals surface area contributed by atoms with Gasteiger partial charge in [0.25, 0.3) is 5.91 Å². The lowest BCUT2D eigenvalue weighted by Crippen LogP contribution is -2.61. The van der Waals surface area contributed by atoms with Crippen molar-refractivity contribution in [2.24, 2.45) is 0 Å². The Hall–Kier alpha value is -1.70. The zero-order valence-corrected chi connectivity index (χ0v) is 14.5. The molecule has 1 N–H and O–H groups in total. The van der Waals surface area contributed by atoms with E-state index in [1.807, 2.05) is 0 Å². The molecule has 0 aliphatic carbocycles. The molecule has 1 saturated heterocycles. The maximum Gasteiger partial charge on any atom is 0.407 e. The Morgan fingerprint density at radius 1 is 1.26 bits per heavy atom. The van der Waals surface area contributed by atoms with Gasteiger partial charge in [-0.2, -0.15) is 0 Å². The Balaban J connectivity index is 1.91. The van der Waals surface area contributed by atoms with Crippen LogP contribution < -0.4 is 5.32 Å². The van der Waals surface area contributed by atoms with Crippen LogP contribution in [-0.4, -0.2) is 41.6 Å². The highest BCUT2D eigenvalue weighted by molar-refractivity contribution is 9.10. The monoisotopic (exact) mass is 390 g/mol. The van der Waals surface area contributed by atoms with E-state index in [9.17, 15) is 18.4 Å². The number of nitrogens with zero attached hydrogens (tertiary/aromatic N) is 1. The number of amides is 2. The van der Waals surface area contributed by atoms with Crippen LogP contribution in [-0.2, 0) is 4.74 Å². The molecule has 23 heavy (non-hydrogen) atoms. The Bertz CT molecular complexity index is 640. The summed E-state index contributed by atoms with van der Waals surface area (Å²) in [5.41, 5.74) is -0.818. The SMILES string of the molecule is CC(C)(C)OC(=O)NC1CN(C(=O)c2cc(Br)c(F)cc2F)C1. The number of nitrogens with one attached hydrogen (secondary N) is 1. The molecule has 8 heteroatoms. The van der Waals surface area contributed by atoms with Crippen molar-refractivity contribution >= 4 is 27.9 Å². The smallest absolute Gasteiger partial charge is 0.407 e. The van der Waals surface area contributed by atoms with Crippen molar-refractivity contribution in [1.29, 1.82) is 0 Å². The van der Waals surface area contributed by atoms with Crippen molar-refractivity contribution in [3.63, 3.8) is 0 Å². The van der Waals surface area contributed by atoms with Crippen molar-refractivity contribution in [2.75, 3.05) is 13.1 Å². The van der Waals surface area contributed by atoms with Crippen LogP contribution in [0.3, 0.4) is 0 Å². The summed E-state index contributed by atoms with van der Waals surface area (Å²) in [5.74, 6) is -2.24. The van der Waals surface area contributed by atoms with E-state index in [0.29, 0.717) is 6.07 Å². The van der Waals surface area contributed by atoms with Crippen molar-refractivity contribution in [1.82, 2.24) is 10.2 Å². The summed E-state index contributed by atoms with van der Waals surface area (Å²) >= 11 is 2.92. The summed E-state index contributed by atoms with van der Waals surface area (Å²) in [5, 5.41) is 2.63. The molecule has 0 saturated carbocycles. The molecule has 1 fully saturated rings. The molecule has 0 radical (unpaired) electrons. The van der Waals surface area contributed by atoms with Gasteiger partial charge in [0.15, 0.2) is 0 Å². The number of halogens is 3. The molecule has 0 unspecified atom stereocenters. The predicted molar refractivity (Wildman–Crippen MR) is 83.1 cm³/mol. The molecule has 0 atom stereocenters. The lowest BCUT2D eigenvalue weighted by Gasteiger charge is -2.39. The van der Waals surface area contributed by atoms with Crippen LogP contribution in [0, 0.1) is 11.6 Å². The Morgan fingerprint density at radius 2 is 1.87 bits per heavy atom. The lowest BCUT2D eigenvalue weighted by atomic mass is 10.1. The molecule has 1 aliphatic heterocycles. The molecule has 5 nitrogen and oxygen atoms in total. The fraction of sp³-hybridized carbons (Fsp3) is 0.467. The molecule has 1 aromatic carbocycles. The van der Waals surface area contributed by atoms with E-state index in [0.717, 1.165) is 6.07 Å². The fourth-order valence-electron chi connectivity index (χ4n) is 2.07. The van der Waals surface area contributed by atoms with E-state index < -0.39 is 29.2 Å². The molecule has 0 aromatic heterocycles. The standard InChI is InChI=1S/C15H17BrF2N2O3/c1-15(2,3)23-14(22)19-8-6-20(7-8)13(21)9-4-10(16)12(18)5-11(9)17/h4-5,8H,6-7H2,1-3H3,(H,19,22). The van der Waals surface area contributed by atoms with Gasteiger partial charge >= 0.3 is 6.09 Å². The molecule has 2 rings (SSSR count). The topological polar surface area (TPSA) is 58.6 Å². The van der Waals surface area contributed by atoms with Crippen molar-refractivity contribution in [2.45, 2.75) is 32.4 Å². The number of hydrogen-bond acceptors (Lipinski definition) is 3. The molecular weight excluding hydrogens is 374 g/mol. The van der Waals surface area contributed by atoms with Crippen LogP contribution >= 0.6 is 15.9 Å². The summed E-state index contributed by atoms with van der Waals surface area (Å²) < 4.78 is 32.0. The highest BCUT2D eigenvalue weighted by Gasteiger charge is 2.34. The second kappa shape index (κ2) is 6.43. The number of rotatable bonds is 2. The number of likely N-dealkylation sites (tertiary alicyclic amines) is 1. The zero-order chi connectivity index (χ0) is 17.4. The number of carbonyl (C=O) groups is 2. The third-order valence-electron chi connectivity index (χ3n) is 3.13. The van der Waals surface area contributed by atoms with Crippen LogP contribution in [0.2, 0.25) is 0 Å². The molecule has 126 valence electrons. The van der Waals surface area contributed by atoms with Gasteiger partial charge in [-0.05, 0) is 42.8 Å². The molecular formula is C15H17BrF2N2O3. The van der Waals surface area contributed by atoms with Crippen LogP contribution in [0.15, 0.2) is 16.6 Å². The largest absolute Gasteiger partial charge is 0.444 e.